The van der Waals surface area contributed by atoms with Gasteiger partial charge in [-0.3, -0.25) is 0 Å². The van der Waals surface area contributed by atoms with E-state index in [1.54, 1.807) is 0 Å². The molecule has 7 nitrogen and oxygen atoms in total. The summed E-state index contributed by atoms with van der Waals surface area (Å²) >= 11 is 0. The number of para-hydroxylation sites is 1. The maximum Gasteiger partial charge on any atom is 0.164 e. The number of nitrogens with zero attached hydrogens (tertiary/aromatic N) is 6. The van der Waals surface area contributed by atoms with Crippen LogP contribution in [-0.2, 0) is 0 Å². The van der Waals surface area contributed by atoms with Crippen molar-refractivity contribution in [3.63, 3.8) is 0 Å². The van der Waals surface area contributed by atoms with Gasteiger partial charge in [-0.05, 0) is 41.0 Å². The molecule has 0 spiro atoms. The van der Waals surface area contributed by atoms with Crippen LogP contribution in [0, 0.1) is 0 Å². The van der Waals surface area contributed by atoms with Gasteiger partial charge in [-0.1, -0.05) is 195 Å². The Bertz CT molecular complexity index is 3210. The number of hydrogen-bond donors (Lipinski definition) is 1. The minimum absolute atomic E-state index is 0.375. The van der Waals surface area contributed by atoms with Crippen molar-refractivity contribution in [2.75, 3.05) is 0 Å². The van der Waals surface area contributed by atoms with Gasteiger partial charge >= 0.3 is 0 Å². The van der Waals surface area contributed by atoms with Crippen LogP contribution in [0.4, 0.5) is 0 Å². The topological polar surface area (TPSA) is 94.3 Å². The van der Waals surface area contributed by atoms with E-state index in [1.807, 2.05) is 140 Å². The molecule has 2 N–H and O–H groups in total. The maximum atomic E-state index is 6.55. The average molecular weight is 798 g/mol. The number of aromatic nitrogens is 4. The van der Waals surface area contributed by atoms with Crippen LogP contribution in [0.25, 0.3) is 78.5 Å². The Morgan fingerprint density at radius 1 is 0.403 bits per heavy atom. The molecule has 0 aliphatic carbocycles. The number of nitrogens with two attached hydrogens (primary N) is 1. The van der Waals surface area contributed by atoms with Crippen molar-refractivity contribution in [1.82, 2.24) is 19.5 Å². The number of aliphatic imine (C=N–C) groups is 2. The summed E-state index contributed by atoms with van der Waals surface area (Å²) in [6.45, 7) is 4.26. The first-order chi connectivity index (χ1) is 30.6. The van der Waals surface area contributed by atoms with Crippen LogP contribution >= 0.6 is 0 Å². The van der Waals surface area contributed by atoms with Crippen LogP contribution in [0.2, 0.25) is 0 Å². The van der Waals surface area contributed by atoms with E-state index in [0.29, 0.717) is 34.8 Å². The van der Waals surface area contributed by atoms with E-state index in [1.165, 1.54) is 0 Å². The van der Waals surface area contributed by atoms with Gasteiger partial charge in [0.05, 0.1) is 16.7 Å². The Morgan fingerprint density at radius 3 is 1.39 bits per heavy atom. The summed E-state index contributed by atoms with van der Waals surface area (Å²) in [4.78, 5) is 24.7. The lowest BCUT2D eigenvalue weighted by atomic mass is 10.0. The molecular weight excluding hydrogens is 759 g/mol. The highest BCUT2D eigenvalue weighted by molar-refractivity contribution is 6.13. The van der Waals surface area contributed by atoms with Crippen molar-refractivity contribution >= 4 is 39.2 Å². The zero-order valence-electron chi connectivity index (χ0n) is 33.7. The minimum Gasteiger partial charge on any atom is -0.383 e. The number of benzene rings is 8. The normalized spacial score (nSPS) is 11.9. The van der Waals surface area contributed by atoms with E-state index < -0.39 is 0 Å². The van der Waals surface area contributed by atoms with Crippen LogP contribution in [0.3, 0.4) is 0 Å². The minimum atomic E-state index is 0.375. The van der Waals surface area contributed by atoms with Gasteiger partial charge in [0.15, 0.2) is 23.3 Å². The highest BCUT2D eigenvalue weighted by Crippen LogP contribution is 2.37. The monoisotopic (exact) mass is 797 g/mol. The molecule has 0 saturated carbocycles. The summed E-state index contributed by atoms with van der Waals surface area (Å²) < 4.78 is 2.32. The van der Waals surface area contributed by atoms with E-state index >= 15 is 0 Å². The number of amidine groups is 2. The largest absolute Gasteiger partial charge is 0.383 e. The predicted octanol–water partition coefficient (Wildman–Crippen LogP) is 12.5. The van der Waals surface area contributed by atoms with Gasteiger partial charge < -0.3 is 10.3 Å². The Kier molecular flexibility index (Phi) is 10.1. The third kappa shape index (κ3) is 7.58. The molecule has 8 aromatic carbocycles. The third-order valence-electron chi connectivity index (χ3n) is 10.9. The first-order valence-corrected chi connectivity index (χ1v) is 20.4. The van der Waals surface area contributed by atoms with Crippen LogP contribution in [0.1, 0.15) is 16.7 Å². The molecule has 0 atom stereocenters. The summed E-state index contributed by atoms with van der Waals surface area (Å²) in [5, 5.41) is 2.27. The van der Waals surface area contributed by atoms with Crippen molar-refractivity contribution < 1.29 is 0 Å². The van der Waals surface area contributed by atoms with E-state index in [0.717, 1.165) is 72.0 Å². The Labute approximate surface area is 359 Å². The van der Waals surface area contributed by atoms with E-state index in [4.69, 9.17) is 30.7 Å². The number of rotatable bonds is 9. The van der Waals surface area contributed by atoms with Gasteiger partial charge in [0.1, 0.15) is 5.84 Å². The second kappa shape index (κ2) is 16.6. The molecular formula is C55H39N7. The van der Waals surface area contributed by atoms with Crippen LogP contribution in [0.15, 0.2) is 229 Å². The molecule has 7 heteroatoms. The van der Waals surface area contributed by atoms with Crippen molar-refractivity contribution in [2.24, 2.45) is 15.7 Å². The molecule has 0 radical (unpaired) electrons. The zero-order valence-corrected chi connectivity index (χ0v) is 33.7. The molecule has 10 aromatic rings. The number of hydrogen-bond acceptors (Lipinski definition) is 4. The van der Waals surface area contributed by atoms with Crippen molar-refractivity contribution in [1.29, 1.82) is 0 Å². The van der Waals surface area contributed by atoms with Crippen molar-refractivity contribution in [3.05, 3.63) is 236 Å². The molecule has 0 amide bonds. The fourth-order valence-electron chi connectivity index (χ4n) is 7.71. The quantitative estimate of drug-likeness (QED) is 0.116. The third-order valence-corrected chi connectivity index (χ3v) is 10.9. The average Bonchev–Trinajstić information content (AvgIpc) is 3.68. The summed E-state index contributed by atoms with van der Waals surface area (Å²) in [5.74, 6) is 2.71. The lowest BCUT2D eigenvalue weighted by Crippen LogP contribution is -2.16. The molecule has 2 aromatic heterocycles. The standard InChI is InChI=1S/C55H39N7/c1-37(38-17-7-2-8-18-38)57-52(58-51(56)40-19-9-3-10-20-40)43-29-27-39(28-30-43)44-31-33-47-48-34-32-45(36-50(48)62(49(47)35-44)46-25-15-6-16-26-46)55-60-53(41-21-11-4-12-22-41)59-54(61-55)42-23-13-5-14-24-42/h2-36H,1H2,(H2,56,57,58). The summed E-state index contributed by atoms with van der Waals surface area (Å²) in [7, 11) is 0. The molecule has 62 heavy (non-hydrogen) atoms. The van der Waals surface area contributed by atoms with Crippen LogP contribution in [-0.4, -0.2) is 31.2 Å². The summed E-state index contributed by atoms with van der Waals surface area (Å²) in [6, 6.07) is 71.6. The molecule has 10 rings (SSSR count). The highest BCUT2D eigenvalue weighted by Gasteiger charge is 2.18. The second-order valence-corrected chi connectivity index (χ2v) is 14.9. The smallest absolute Gasteiger partial charge is 0.164 e. The van der Waals surface area contributed by atoms with Crippen molar-refractivity contribution in [3.8, 4) is 51.0 Å². The molecule has 294 valence electrons. The Balaban J connectivity index is 1.07. The zero-order chi connectivity index (χ0) is 41.8. The predicted molar refractivity (Wildman–Crippen MR) is 255 cm³/mol. The van der Waals surface area contributed by atoms with E-state index in [2.05, 4.69) is 83.9 Å². The molecule has 0 bridgehead atoms. The molecule has 0 unspecified atom stereocenters. The fraction of sp³-hybridized carbons (Fsp3) is 0. The Morgan fingerprint density at radius 2 is 0.839 bits per heavy atom. The molecule has 2 heterocycles. The second-order valence-electron chi connectivity index (χ2n) is 14.9. The summed E-state index contributed by atoms with van der Waals surface area (Å²) in [6.07, 6.45) is 0. The fourth-order valence-corrected chi connectivity index (χ4v) is 7.71. The molecule has 0 aliphatic rings. The highest BCUT2D eigenvalue weighted by atomic mass is 15.0. The summed E-state index contributed by atoms with van der Waals surface area (Å²) in [5.41, 5.74) is 17.7. The van der Waals surface area contributed by atoms with Gasteiger partial charge in [0.2, 0.25) is 0 Å². The first-order valence-electron chi connectivity index (χ1n) is 20.4. The lowest BCUT2D eigenvalue weighted by Gasteiger charge is -2.11. The molecule has 0 aliphatic heterocycles. The van der Waals surface area contributed by atoms with Crippen molar-refractivity contribution in [2.45, 2.75) is 0 Å². The SMILES string of the molecule is C=C(N=C(N=C(N)c1ccccc1)c1ccc(-c2ccc3c4ccc(-c5nc(-c6ccccc6)nc(-c6ccccc6)n5)cc4n(-c4ccccc4)c3c2)cc1)c1ccccc1. The van der Waals surface area contributed by atoms with Gasteiger partial charge in [-0.25, -0.2) is 24.9 Å². The maximum absolute atomic E-state index is 6.55. The van der Waals surface area contributed by atoms with Crippen LogP contribution < -0.4 is 5.73 Å². The molecule has 0 saturated heterocycles. The van der Waals surface area contributed by atoms with Gasteiger partial charge in [-0.15, -0.1) is 0 Å². The Hall–Kier alpha value is -8.55. The van der Waals surface area contributed by atoms with Gasteiger partial charge in [0.25, 0.3) is 0 Å². The molecule has 0 fully saturated rings. The van der Waals surface area contributed by atoms with E-state index in [9.17, 15) is 0 Å². The van der Waals surface area contributed by atoms with E-state index in [-0.39, 0.29) is 0 Å². The first kappa shape index (κ1) is 37.7. The van der Waals surface area contributed by atoms with Crippen LogP contribution in [0.5, 0.6) is 0 Å². The van der Waals surface area contributed by atoms with Gasteiger partial charge in [-0.2, -0.15) is 0 Å². The lowest BCUT2D eigenvalue weighted by molar-refractivity contribution is 1.07. The number of fused-ring (bicyclic) bond motifs is 3. The van der Waals surface area contributed by atoms with Gasteiger partial charge in [0, 0.05) is 44.3 Å².